The van der Waals surface area contributed by atoms with Crippen LogP contribution in [-0.2, 0) is 11.2 Å². The van der Waals surface area contributed by atoms with Crippen LogP contribution in [-0.4, -0.2) is 29.0 Å². The van der Waals surface area contributed by atoms with Gasteiger partial charge in [-0.05, 0) is 24.6 Å². The molecule has 0 atom stereocenters. The van der Waals surface area contributed by atoms with E-state index < -0.39 is 0 Å². The topological polar surface area (TPSA) is 68.4 Å². The second kappa shape index (κ2) is 5.84. The fourth-order valence-electron chi connectivity index (χ4n) is 1.49. The largest absolute Gasteiger partial charge is 0.506 e. The van der Waals surface area contributed by atoms with Gasteiger partial charge in [-0.2, -0.15) is 4.98 Å². The summed E-state index contributed by atoms with van der Waals surface area (Å²) in [5, 5.41) is 13.5. The Labute approximate surface area is 109 Å². The van der Waals surface area contributed by atoms with Gasteiger partial charge in [0, 0.05) is 25.7 Å². The van der Waals surface area contributed by atoms with Crippen molar-refractivity contribution in [2.45, 2.75) is 12.8 Å². The molecule has 0 spiro atoms. The molecule has 1 N–H and O–H groups in total. The summed E-state index contributed by atoms with van der Waals surface area (Å²) in [4.78, 5) is 4.25. The molecule has 1 heterocycles. The van der Waals surface area contributed by atoms with Crippen LogP contribution in [0.5, 0.6) is 5.75 Å². The SMILES string of the molecule is COCCCc1noc(-c2ccc(O)c(Cl)c2)n1. The molecule has 2 aromatic rings. The molecule has 5 nitrogen and oxygen atoms in total. The molecular formula is C12H13ClN2O3. The number of phenols is 1. The van der Waals surface area contributed by atoms with E-state index in [9.17, 15) is 5.11 Å². The molecule has 96 valence electrons. The van der Waals surface area contributed by atoms with Crippen LogP contribution < -0.4 is 0 Å². The van der Waals surface area contributed by atoms with Crippen molar-refractivity contribution in [1.82, 2.24) is 10.1 Å². The minimum absolute atomic E-state index is 0.0280. The Kier molecular flexibility index (Phi) is 4.17. The lowest BCUT2D eigenvalue weighted by atomic mass is 10.2. The molecule has 1 aromatic carbocycles. The van der Waals surface area contributed by atoms with Gasteiger partial charge in [0.2, 0.25) is 0 Å². The molecule has 0 saturated heterocycles. The van der Waals surface area contributed by atoms with E-state index in [2.05, 4.69) is 10.1 Å². The van der Waals surface area contributed by atoms with Gasteiger partial charge in [0.25, 0.3) is 5.89 Å². The predicted octanol–water partition coefficient (Wildman–Crippen LogP) is 2.67. The Morgan fingerprint density at radius 1 is 1.44 bits per heavy atom. The molecule has 0 radical (unpaired) electrons. The lowest BCUT2D eigenvalue weighted by Gasteiger charge is -1.97. The summed E-state index contributed by atoms with van der Waals surface area (Å²) >= 11 is 5.82. The monoisotopic (exact) mass is 268 g/mol. The Hall–Kier alpha value is -1.59. The fourth-order valence-corrected chi connectivity index (χ4v) is 1.67. The van der Waals surface area contributed by atoms with Crippen LogP contribution in [0.15, 0.2) is 22.7 Å². The van der Waals surface area contributed by atoms with Crippen molar-refractivity contribution in [1.29, 1.82) is 0 Å². The van der Waals surface area contributed by atoms with Gasteiger partial charge >= 0.3 is 0 Å². The van der Waals surface area contributed by atoms with Crippen molar-refractivity contribution >= 4 is 11.6 Å². The van der Waals surface area contributed by atoms with Crippen LogP contribution in [0, 0.1) is 0 Å². The van der Waals surface area contributed by atoms with Gasteiger partial charge in [0.05, 0.1) is 5.02 Å². The zero-order chi connectivity index (χ0) is 13.0. The van der Waals surface area contributed by atoms with Gasteiger partial charge in [-0.15, -0.1) is 0 Å². The molecule has 1 aromatic heterocycles. The Balaban J connectivity index is 2.11. The second-order valence-electron chi connectivity index (χ2n) is 3.78. The van der Waals surface area contributed by atoms with Gasteiger partial charge in [-0.1, -0.05) is 16.8 Å². The molecular weight excluding hydrogens is 256 g/mol. The Morgan fingerprint density at radius 3 is 3.00 bits per heavy atom. The van der Waals surface area contributed by atoms with E-state index >= 15 is 0 Å². The van der Waals surface area contributed by atoms with Crippen LogP contribution in [0.4, 0.5) is 0 Å². The highest BCUT2D eigenvalue weighted by atomic mass is 35.5. The number of nitrogens with zero attached hydrogens (tertiary/aromatic N) is 2. The van der Waals surface area contributed by atoms with Gasteiger partial charge in [0.15, 0.2) is 5.82 Å². The predicted molar refractivity (Wildman–Crippen MR) is 66.6 cm³/mol. The van der Waals surface area contributed by atoms with E-state index in [4.69, 9.17) is 20.9 Å². The van der Waals surface area contributed by atoms with Gasteiger partial charge in [0.1, 0.15) is 5.75 Å². The van der Waals surface area contributed by atoms with Gasteiger partial charge < -0.3 is 14.4 Å². The summed E-state index contributed by atoms with van der Waals surface area (Å²) in [6.45, 7) is 0.662. The van der Waals surface area contributed by atoms with Crippen molar-refractivity contribution in [3.05, 3.63) is 29.0 Å². The smallest absolute Gasteiger partial charge is 0.257 e. The van der Waals surface area contributed by atoms with E-state index in [0.29, 0.717) is 30.3 Å². The van der Waals surface area contributed by atoms with E-state index in [1.807, 2.05) is 0 Å². The molecule has 0 aliphatic heterocycles. The normalized spacial score (nSPS) is 10.8. The number of hydrogen-bond donors (Lipinski definition) is 1. The lowest BCUT2D eigenvalue weighted by molar-refractivity contribution is 0.194. The first-order chi connectivity index (χ1) is 8.70. The molecule has 0 fully saturated rings. The van der Waals surface area contributed by atoms with E-state index in [-0.39, 0.29) is 10.8 Å². The molecule has 6 heteroatoms. The highest BCUT2D eigenvalue weighted by Crippen LogP contribution is 2.28. The second-order valence-corrected chi connectivity index (χ2v) is 4.19. The summed E-state index contributed by atoms with van der Waals surface area (Å²) in [6, 6.07) is 4.75. The number of methoxy groups -OCH3 is 1. The first-order valence-electron chi connectivity index (χ1n) is 5.51. The zero-order valence-corrected chi connectivity index (χ0v) is 10.6. The maximum Gasteiger partial charge on any atom is 0.257 e. The third kappa shape index (κ3) is 3.00. The lowest BCUT2D eigenvalue weighted by Crippen LogP contribution is -1.94. The quantitative estimate of drug-likeness (QED) is 0.845. The maximum atomic E-state index is 9.33. The third-order valence-corrected chi connectivity index (χ3v) is 2.71. The number of aryl methyl sites for hydroxylation is 1. The summed E-state index contributed by atoms with van der Waals surface area (Å²) in [6.07, 6.45) is 1.54. The summed E-state index contributed by atoms with van der Waals surface area (Å²) in [5.74, 6) is 1.05. The highest BCUT2D eigenvalue weighted by molar-refractivity contribution is 6.32. The number of benzene rings is 1. The standard InChI is InChI=1S/C12H13ClN2O3/c1-17-6-2-3-11-14-12(18-15-11)8-4-5-10(16)9(13)7-8/h4-5,7,16H,2-3,6H2,1H3. The number of ether oxygens (including phenoxy) is 1. The van der Waals surface area contributed by atoms with Crippen LogP contribution in [0.2, 0.25) is 5.02 Å². The summed E-state index contributed by atoms with van der Waals surface area (Å²) in [5.41, 5.74) is 0.684. The number of aromatic hydroxyl groups is 1. The number of aromatic nitrogens is 2. The van der Waals surface area contributed by atoms with Crippen molar-refractivity contribution in [3.63, 3.8) is 0 Å². The maximum absolute atomic E-state index is 9.33. The average molecular weight is 269 g/mol. The molecule has 0 bridgehead atoms. The summed E-state index contributed by atoms with van der Waals surface area (Å²) in [7, 11) is 1.65. The molecule has 0 unspecified atom stereocenters. The van der Waals surface area contributed by atoms with E-state index in [1.54, 1.807) is 19.2 Å². The van der Waals surface area contributed by atoms with Crippen LogP contribution in [0.25, 0.3) is 11.5 Å². The van der Waals surface area contributed by atoms with Crippen LogP contribution in [0.3, 0.4) is 0 Å². The summed E-state index contributed by atoms with van der Waals surface area (Å²) < 4.78 is 10.1. The Morgan fingerprint density at radius 2 is 2.28 bits per heavy atom. The van der Waals surface area contributed by atoms with Gasteiger partial charge in [-0.25, -0.2) is 0 Å². The Bertz CT molecular complexity index is 528. The molecule has 0 aliphatic rings. The fraction of sp³-hybridized carbons (Fsp3) is 0.333. The first-order valence-corrected chi connectivity index (χ1v) is 5.89. The first kappa shape index (κ1) is 12.9. The molecule has 2 rings (SSSR count). The van der Waals surface area contributed by atoms with Crippen LogP contribution >= 0.6 is 11.6 Å². The van der Waals surface area contributed by atoms with E-state index in [1.165, 1.54) is 6.07 Å². The van der Waals surface area contributed by atoms with Gasteiger partial charge in [-0.3, -0.25) is 0 Å². The molecule has 0 aliphatic carbocycles. The number of phenolic OH excluding ortho intramolecular Hbond substituents is 1. The molecule has 18 heavy (non-hydrogen) atoms. The number of rotatable bonds is 5. The zero-order valence-electron chi connectivity index (χ0n) is 9.89. The number of halogens is 1. The van der Waals surface area contributed by atoms with Crippen molar-refractivity contribution in [2.24, 2.45) is 0 Å². The molecule has 0 amide bonds. The third-order valence-electron chi connectivity index (χ3n) is 2.41. The van der Waals surface area contributed by atoms with Crippen molar-refractivity contribution < 1.29 is 14.4 Å². The van der Waals surface area contributed by atoms with E-state index in [0.717, 1.165) is 6.42 Å². The molecule has 0 saturated carbocycles. The average Bonchev–Trinajstić information content (AvgIpc) is 2.82. The van der Waals surface area contributed by atoms with Crippen molar-refractivity contribution in [3.8, 4) is 17.2 Å². The minimum Gasteiger partial charge on any atom is -0.506 e. The minimum atomic E-state index is 0.0280. The highest BCUT2D eigenvalue weighted by Gasteiger charge is 2.10. The number of hydrogen-bond acceptors (Lipinski definition) is 5. The van der Waals surface area contributed by atoms with Crippen LogP contribution in [0.1, 0.15) is 12.2 Å². The van der Waals surface area contributed by atoms with Crippen molar-refractivity contribution in [2.75, 3.05) is 13.7 Å².